The molecule has 0 saturated carbocycles. The first-order valence-corrected chi connectivity index (χ1v) is 7.40. The number of carbonyl (C=O) groups excluding carboxylic acids is 2. The molecule has 2 aromatic rings. The fraction of sp³-hybridized carbons (Fsp3) is 0.118. The quantitative estimate of drug-likeness (QED) is 0.436. The Balaban J connectivity index is 1.63. The molecule has 25 heavy (non-hydrogen) atoms. The predicted molar refractivity (Wildman–Crippen MR) is 89.8 cm³/mol. The van der Waals surface area contributed by atoms with Gasteiger partial charge in [-0.15, -0.1) is 0 Å². The third-order valence-electron chi connectivity index (χ3n) is 3.51. The van der Waals surface area contributed by atoms with Crippen LogP contribution in [0, 0.1) is 0 Å². The summed E-state index contributed by atoms with van der Waals surface area (Å²) in [6.45, 7) is -0.322. The third-order valence-corrected chi connectivity index (χ3v) is 3.51. The summed E-state index contributed by atoms with van der Waals surface area (Å²) in [4.78, 5) is 25.3. The second-order valence-electron chi connectivity index (χ2n) is 5.28. The van der Waals surface area contributed by atoms with Crippen molar-refractivity contribution in [2.45, 2.75) is 0 Å². The maximum atomic E-state index is 12.0. The molecule has 128 valence electrons. The number of amides is 2. The van der Waals surface area contributed by atoms with Gasteiger partial charge in [-0.25, -0.2) is 5.43 Å². The van der Waals surface area contributed by atoms with Gasteiger partial charge in [0.1, 0.15) is 12.3 Å². The van der Waals surface area contributed by atoms with Crippen LogP contribution in [0.5, 0.6) is 17.2 Å². The zero-order valence-electron chi connectivity index (χ0n) is 13.0. The van der Waals surface area contributed by atoms with E-state index in [4.69, 9.17) is 4.74 Å². The molecule has 0 aliphatic carbocycles. The molecule has 0 radical (unpaired) electrons. The van der Waals surface area contributed by atoms with Crippen LogP contribution in [0.15, 0.2) is 47.6 Å². The Bertz CT molecular complexity index is 850. The molecule has 0 fully saturated rings. The molecule has 0 unspecified atom stereocenters. The fourth-order valence-electron chi connectivity index (χ4n) is 2.31. The van der Waals surface area contributed by atoms with E-state index in [2.05, 4.69) is 10.5 Å². The van der Waals surface area contributed by atoms with Crippen LogP contribution in [0.25, 0.3) is 0 Å². The lowest BCUT2D eigenvalue weighted by Gasteiger charge is -2.28. The fourth-order valence-corrected chi connectivity index (χ4v) is 2.31. The number of nitrogens with zero attached hydrogens (tertiary/aromatic N) is 2. The number of phenols is 2. The second-order valence-corrected chi connectivity index (χ2v) is 5.28. The van der Waals surface area contributed by atoms with Crippen molar-refractivity contribution in [1.82, 2.24) is 5.43 Å². The number of hydrogen-bond donors (Lipinski definition) is 3. The van der Waals surface area contributed by atoms with Crippen LogP contribution in [-0.2, 0) is 9.59 Å². The van der Waals surface area contributed by atoms with Gasteiger partial charge in [0, 0.05) is 0 Å². The number of benzene rings is 2. The van der Waals surface area contributed by atoms with Gasteiger partial charge in [-0.3, -0.25) is 14.5 Å². The van der Waals surface area contributed by atoms with Gasteiger partial charge in [-0.2, -0.15) is 5.10 Å². The number of fused-ring (bicyclic) bond motifs is 1. The Kier molecular flexibility index (Phi) is 4.51. The normalized spacial score (nSPS) is 13.4. The zero-order chi connectivity index (χ0) is 17.8. The first-order chi connectivity index (χ1) is 12.0. The van der Waals surface area contributed by atoms with Gasteiger partial charge in [0.2, 0.25) is 0 Å². The largest absolute Gasteiger partial charge is 0.504 e. The molecule has 1 aliphatic rings. The number of hydrazone groups is 1. The number of phenolic OH excluding ortho intramolecular Hbond substituents is 2. The molecule has 3 N–H and O–H groups in total. The lowest BCUT2D eigenvalue weighted by Crippen LogP contribution is -2.44. The lowest BCUT2D eigenvalue weighted by molar-refractivity contribution is -0.125. The summed E-state index contributed by atoms with van der Waals surface area (Å²) in [6.07, 6.45) is 1.31. The van der Waals surface area contributed by atoms with Crippen LogP contribution in [-0.4, -0.2) is 41.4 Å². The van der Waals surface area contributed by atoms with E-state index < -0.39 is 5.91 Å². The highest BCUT2D eigenvalue weighted by Crippen LogP contribution is 2.31. The number of para-hydroxylation sites is 2. The van der Waals surface area contributed by atoms with Gasteiger partial charge in [0.25, 0.3) is 11.8 Å². The minimum Gasteiger partial charge on any atom is -0.504 e. The van der Waals surface area contributed by atoms with Gasteiger partial charge >= 0.3 is 0 Å². The first-order valence-electron chi connectivity index (χ1n) is 7.40. The molecule has 0 atom stereocenters. The second kappa shape index (κ2) is 6.91. The van der Waals surface area contributed by atoms with Crippen LogP contribution in [0.3, 0.4) is 0 Å². The Morgan fingerprint density at radius 2 is 2.04 bits per heavy atom. The number of aromatic hydroxyl groups is 2. The van der Waals surface area contributed by atoms with Crippen LogP contribution in [0.1, 0.15) is 5.56 Å². The van der Waals surface area contributed by atoms with Crippen molar-refractivity contribution >= 4 is 23.7 Å². The van der Waals surface area contributed by atoms with Crippen molar-refractivity contribution < 1.29 is 24.5 Å². The van der Waals surface area contributed by atoms with Crippen molar-refractivity contribution in [3.05, 3.63) is 48.0 Å². The smallest absolute Gasteiger partial charge is 0.265 e. The minimum absolute atomic E-state index is 0.125. The minimum atomic E-state index is -0.482. The average Bonchev–Trinajstić information content (AvgIpc) is 2.60. The van der Waals surface area contributed by atoms with Crippen LogP contribution in [0.2, 0.25) is 0 Å². The number of hydrogen-bond acceptors (Lipinski definition) is 6. The number of anilines is 1. The van der Waals surface area contributed by atoms with Crippen molar-refractivity contribution in [3.8, 4) is 17.2 Å². The molecule has 2 amide bonds. The maximum absolute atomic E-state index is 12.0. The van der Waals surface area contributed by atoms with E-state index >= 15 is 0 Å². The molecule has 3 rings (SSSR count). The summed E-state index contributed by atoms with van der Waals surface area (Å²) in [5, 5.41) is 22.4. The molecule has 8 heteroatoms. The lowest BCUT2D eigenvalue weighted by atomic mass is 10.2. The molecule has 0 aromatic heterocycles. The van der Waals surface area contributed by atoms with Gasteiger partial charge in [-0.05, 0) is 35.9 Å². The number of ether oxygens (including phenoxy) is 1. The molecular formula is C17H15N3O5. The Hall–Kier alpha value is -3.55. The summed E-state index contributed by atoms with van der Waals surface area (Å²) in [5.41, 5.74) is 3.33. The van der Waals surface area contributed by atoms with Crippen molar-refractivity contribution in [2.24, 2.45) is 5.10 Å². The van der Waals surface area contributed by atoms with E-state index in [0.717, 1.165) is 0 Å². The summed E-state index contributed by atoms with van der Waals surface area (Å²) < 4.78 is 5.31. The Morgan fingerprint density at radius 1 is 1.24 bits per heavy atom. The first kappa shape index (κ1) is 16.3. The van der Waals surface area contributed by atoms with E-state index in [0.29, 0.717) is 17.0 Å². The van der Waals surface area contributed by atoms with Crippen molar-refractivity contribution in [3.63, 3.8) is 0 Å². The topological polar surface area (TPSA) is 111 Å². The molecule has 0 spiro atoms. The summed E-state index contributed by atoms with van der Waals surface area (Å²) in [6, 6.07) is 11.1. The molecule has 1 aliphatic heterocycles. The van der Waals surface area contributed by atoms with Crippen molar-refractivity contribution in [1.29, 1.82) is 0 Å². The van der Waals surface area contributed by atoms with Gasteiger partial charge < -0.3 is 14.9 Å². The highest BCUT2D eigenvalue weighted by atomic mass is 16.5. The highest BCUT2D eigenvalue weighted by molar-refractivity contribution is 6.02. The monoisotopic (exact) mass is 341 g/mol. The van der Waals surface area contributed by atoms with Crippen molar-refractivity contribution in [2.75, 3.05) is 18.1 Å². The summed E-state index contributed by atoms with van der Waals surface area (Å²) in [5.74, 6) is -0.792. The van der Waals surface area contributed by atoms with Crippen LogP contribution in [0.4, 0.5) is 5.69 Å². The number of nitrogens with one attached hydrogen (secondary N) is 1. The van der Waals surface area contributed by atoms with Gasteiger partial charge in [0.15, 0.2) is 18.1 Å². The van der Waals surface area contributed by atoms with E-state index in [1.165, 1.54) is 29.3 Å². The Labute approximate surface area is 143 Å². The third kappa shape index (κ3) is 3.69. The summed E-state index contributed by atoms with van der Waals surface area (Å²) in [7, 11) is 0. The average molecular weight is 341 g/mol. The van der Waals surface area contributed by atoms with E-state index in [-0.39, 0.29) is 30.6 Å². The number of rotatable bonds is 4. The highest BCUT2D eigenvalue weighted by Gasteiger charge is 2.26. The van der Waals surface area contributed by atoms with Gasteiger partial charge in [0.05, 0.1) is 11.9 Å². The Morgan fingerprint density at radius 3 is 2.84 bits per heavy atom. The molecule has 0 saturated heterocycles. The molecule has 1 heterocycles. The zero-order valence-corrected chi connectivity index (χ0v) is 13.0. The van der Waals surface area contributed by atoms with Crippen LogP contribution < -0.4 is 15.1 Å². The number of carbonyl (C=O) groups is 2. The molecular weight excluding hydrogens is 326 g/mol. The molecule has 2 aromatic carbocycles. The SMILES string of the molecule is O=C(CN1C(=O)COc2ccccc21)N/N=C/c1ccc(O)c(O)c1. The van der Waals surface area contributed by atoms with E-state index in [1.54, 1.807) is 24.3 Å². The standard InChI is InChI=1S/C17H15N3O5/c21-13-6-5-11(7-14(13)22)8-18-19-16(23)9-20-12-3-1-2-4-15(12)25-10-17(20)24/h1-8,21-22H,9-10H2,(H,19,23)/b18-8+. The molecule has 8 nitrogen and oxygen atoms in total. The van der Waals surface area contributed by atoms with Gasteiger partial charge in [-0.1, -0.05) is 12.1 Å². The summed E-state index contributed by atoms with van der Waals surface area (Å²) >= 11 is 0. The maximum Gasteiger partial charge on any atom is 0.265 e. The molecule has 0 bridgehead atoms. The van der Waals surface area contributed by atoms with E-state index in [1.807, 2.05) is 0 Å². The van der Waals surface area contributed by atoms with E-state index in [9.17, 15) is 19.8 Å². The predicted octanol–water partition coefficient (Wildman–Crippen LogP) is 0.973. The van der Waals surface area contributed by atoms with Crippen LogP contribution >= 0.6 is 0 Å².